The smallest absolute Gasteiger partial charge is 0.310 e. The Balaban J connectivity index is 1.32. The van der Waals surface area contributed by atoms with E-state index in [0.29, 0.717) is 24.2 Å². The number of rotatable bonds is 2. The van der Waals surface area contributed by atoms with Gasteiger partial charge in [-0.3, -0.25) is 4.79 Å². The van der Waals surface area contributed by atoms with Gasteiger partial charge in [0.1, 0.15) is 12.2 Å². The van der Waals surface area contributed by atoms with Crippen LogP contribution in [0.4, 0.5) is 0 Å². The van der Waals surface area contributed by atoms with Crippen LogP contribution in [-0.4, -0.2) is 61.7 Å². The van der Waals surface area contributed by atoms with Crippen molar-refractivity contribution in [3.8, 4) is 0 Å². The number of aliphatic carboxylic acids is 1. The van der Waals surface area contributed by atoms with E-state index in [1.807, 2.05) is 6.92 Å². The molecule has 5 N–H and O–H groups in total. The molecule has 0 radical (unpaired) electrons. The normalized spacial score (nSPS) is 58.2. The summed E-state index contributed by atoms with van der Waals surface area (Å²) in [5.74, 6) is 0.538. The lowest BCUT2D eigenvalue weighted by atomic mass is 9.37. The average molecular weight is 533 g/mol. The number of aliphatic hydroxyl groups is 4. The van der Waals surface area contributed by atoms with E-state index >= 15 is 0 Å². The highest BCUT2D eigenvalue weighted by Gasteiger charge is 2.67. The van der Waals surface area contributed by atoms with E-state index in [2.05, 4.69) is 26.8 Å². The maximum atomic E-state index is 12.7. The highest BCUT2D eigenvalue weighted by atomic mass is 16.6. The van der Waals surface area contributed by atoms with Gasteiger partial charge in [0, 0.05) is 5.92 Å². The van der Waals surface area contributed by atoms with E-state index in [1.54, 1.807) is 0 Å². The van der Waals surface area contributed by atoms with E-state index in [1.165, 1.54) is 5.57 Å². The second-order valence-electron chi connectivity index (χ2n) is 14.9. The second-order valence-corrected chi connectivity index (χ2v) is 14.9. The van der Waals surface area contributed by atoms with Crippen LogP contribution in [0, 0.1) is 51.8 Å². The lowest BCUT2D eigenvalue weighted by Crippen LogP contribution is -2.65. The molecule has 7 nitrogen and oxygen atoms in total. The van der Waals surface area contributed by atoms with Gasteiger partial charge in [-0.1, -0.05) is 32.4 Å². The van der Waals surface area contributed by atoms with Crippen LogP contribution in [0.15, 0.2) is 11.6 Å². The Kier molecular flexibility index (Phi) is 6.26. The van der Waals surface area contributed by atoms with Gasteiger partial charge in [0.2, 0.25) is 0 Å². The average Bonchev–Trinajstić information content (AvgIpc) is 3.10. The summed E-state index contributed by atoms with van der Waals surface area (Å²) in [6, 6.07) is 0. The minimum atomic E-state index is -1.43. The Labute approximate surface area is 226 Å². The molecule has 6 aliphatic rings. The van der Waals surface area contributed by atoms with Crippen LogP contribution in [-0.2, 0) is 9.53 Å². The number of hydrogen-bond donors (Lipinski definition) is 5. The first-order valence-corrected chi connectivity index (χ1v) is 15.1. The Morgan fingerprint density at radius 3 is 2.24 bits per heavy atom. The van der Waals surface area contributed by atoms with Crippen LogP contribution in [0.5, 0.6) is 0 Å². The van der Waals surface area contributed by atoms with Gasteiger partial charge in [-0.15, -0.1) is 0 Å². The molecule has 0 aromatic heterocycles. The van der Waals surface area contributed by atoms with Crippen molar-refractivity contribution in [2.24, 2.45) is 51.8 Å². The quantitative estimate of drug-likeness (QED) is 0.342. The molecular weight excluding hydrogens is 484 g/mol. The van der Waals surface area contributed by atoms with Crippen molar-refractivity contribution in [2.75, 3.05) is 0 Å². The SMILES string of the molecule is CC1CCC2(C(=O)O)CCC3C(=CCC4C3(C)CCC3C4(C)CCC(C4OC(O)C(O)C4O)[C@@]3(C)O)C2C1. The standard InChI is InChI=1S/C31H48O7/c1-16-7-13-31(27(35)36)14-9-18-17(20(31)15-16)5-6-21-28(18,2)12-10-22-29(21,3)11-8-19(30(22,4)37)25-23(32)24(33)26(34)38-25/h5,16,18-26,32-34,37H,6-15H2,1-4H3,(H,35,36)/t16?,18?,19?,20?,21?,22?,23?,24?,25?,26?,28?,29?,30-,31?/m1/s1. The number of carboxylic acid groups (broad SMARTS) is 1. The fourth-order valence-electron chi connectivity index (χ4n) is 11.4. The van der Waals surface area contributed by atoms with Gasteiger partial charge in [-0.2, -0.15) is 0 Å². The molecule has 0 amide bonds. The monoisotopic (exact) mass is 532 g/mol. The van der Waals surface area contributed by atoms with E-state index in [4.69, 9.17) is 4.74 Å². The van der Waals surface area contributed by atoms with Gasteiger partial charge in [-0.25, -0.2) is 0 Å². The topological polar surface area (TPSA) is 127 Å². The molecule has 7 heteroatoms. The first-order valence-electron chi connectivity index (χ1n) is 15.1. The van der Waals surface area contributed by atoms with Gasteiger partial charge in [0.15, 0.2) is 6.29 Å². The summed E-state index contributed by atoms with van der Waals surface area (Å²) < 4.78 is 5.60. The summed E-state index contributed by atoms with van der Waals surface area (Å²) in [5.41, 5.74) is -0.302. The molecule has 0 aromatic carbocycles. The molecule has 1 heterocycles. The predicted molar refractivity (Wildman–Crippen MR) is 141 cm³/mol. The summed E-state index contributed by atoms with van der Waals surface area (Å²) >= 11 is 0. The number of carbonyl (C=O) groups is 1. The molecule has 13 unspecified atom stereocenters. The summed E-state index contributed by atoms with van der Waals surface area (Å²) in [7, 11) is 0. The van der Waals surface area contributed by atoms with Gasteiger partial charge < -0.3 is 30.3 Å². The summed E-state index contributed by atoms with van der Waals surface area (Å²) in [5, 5.41) is 53.2. The van der Waals surface area contributed by atoms with Crippen LogP contribution < -0.4 is 0 Å². The number of carboxylic acids is 1. The number of aliphatic hydroxyl groups excluding tert-OH is 3. The molecule has 1 aliphatic heterocycles. The molecule has 0 aromatic rings. The molecule has 214 valence electrons. The molecule has 38 heavy (non-hydrogen) atoms. The van der Waals surface area contributed by atoms with Crippen molar-refractivity contribution in [3.63, 3.8) is 0 Å². The molecule has 6 rings (SSSR count). The third-order valence-electron chi connectivity index (χ3n) is 13.4. The Bertz CT molecular complexity index is 1010. The minimum absolute atomic E-state index is 0.0175. The van der Waals surface area contributed by atoms with Gasteiger partial charge in [-0.05, 0) is 112 Å². The highest BCUT2D eigenvalue weighted by molar-refractivity contribution is 5.76. The Morgan fingerprint density at radius 1 is 0.895 bits per heavy atom. The number of hydrogen-bond acceptors (Lipinski definition) is 6. The van der Waals surface area contributed by atoms with Crippen LogP contribution in [0.3, 0.4) is 0 Å². The summed E-state index contributed by atoms with van der Waals surface area (Å²) in [6.07, 6.45) is 6.48. The summed E-state index contributed by atoms with van der Waals surface area (Å²) in [6.45, 7) is 8.96. The van der Waals surface area contributed by atoms with E-state index in [0.717, 1.165) is 57.8 Å². The lowest BCUT2D eigenvalue weighted by Gasteiger charge is -2.68. The van der Waals surface area contributed by atoms with E-state index in [9.17, 15) is 30.3 Å². The van der Waals surface area contributed by atoms with Crippen LogP contribution in [0.2, 0.25) is 0 Å². The molecule has 4 saturated carbocycles. The molecule has 0 bridgehead atoms. The zero-order chi connectivity index (χ0) is 27.4. The third-order valence-corrected chi connectivity index (χ3v) is 13.4. The highest BCUT2D eigenvalue weighted by Crippen LogP contribution is 2.71. The molecule has 1 saturated heterocycles. The van der Waals surface area contributed by atoms with Crippen molar-refractivity contribution >= 4 is 5.97 Å². The van der Waals surface area contributed by atoms with Gasteiger partial charge in [0.05, 0.1) is 17.1 Å². The maximum Gasteiger partial charge on any atom is 0.310 e. The third kappa shape index (κ3) is 3.47. The zero-order valence-electron chi connectivity index (χ0n) is 23.5. The van der Waals surface area contributed by atoms with E-state index in [-0.39, 0.29) is 28.6 Å². The fourth-order valence-corrected chi connectivity index (χ4v) is 11.4. The van der Waals surface area contributed by atoms with Crippen LogP contribution in [0.1, 0.15) is 91.9 Å². The lowest BCUT2D eigenvalue weighted by molar-refractivity contribution is -0.235. The van der Waals surface area contributed by atoms with Crippen LogP contribution in [0.25, 0.3) is 0 Å². The summed E-state index contributed by atoms with van der Waals surface area (Å²) in [4.78, 5) is 12.7. The minimum Gasteiger partial charge on any atom is -0.481 e. The van der Waals surface area contributed by atoms with Crippen molar-refractivity contribution in [1.29, 1.82) is 0 Å². The van der Waals surface area contributed by atoms with Crippen molar-refractivity contribution in [2.45, 2.75) is 122 Å². The number of allylic oxidation sites excluding steroid dienone is 2. The molecule has 14 atom stereocenters. The van der Waals surface area contributed by atoms with Gasteiger partial charge in [0.25, 0.3) is 0 Å². The van der Waals surface area contributed by atoms with Gasteiger partial charge >= 0.3 is 5.97 Å². The molecule has 0 spiro atoms. The second kappa shape index (κ2) is 8.75. The first kappa shape index (κ1) is 27.2. The molecular formula is C31H48O7. The number of fused-ring (bicyclic) bond motifs is 7. The molecule has 5 fully saturated rings. The Hall–Kier alpha value is -0.990. The van der Waals surface area contributed by atoms with Crippen molar-refractivity contribution in [3.05, 3.63) is 11.6 Å². The van der Waals surface area contributed by atoms with Crippen LogP contribution >= 0.6 is 0 Å². The maximum absolute atomic E-state index is 12.7. The Morgan fingerprint density at radius 2 is 1.58 bits per heavy atom. The molecule has 5 aliphatic carbocycles. The predicted octanol–water partition coefficient (Wildman–Crippen LogP) is 3.87. The first-order chi connectivity index (χ1) is 17.8. The largest absolute Gasteiger partial charge is 0.481 e. The van der Waals surface area contributed by atoms with Crippen molar-refractivity contribution < 1.29 is 35.1 Å². The fraction of sp³-hybridized carbons (Fsp3) is 0.903. The zero-order valence-corrected chi connectivity index (χ0v) is 23.5. The van der Waals surface area contributed by atoms with Crippen molar-refractivity contribution in [1.82, 2.24) is 0 Å². The number of ether oxygens (including phenoxy) is 1. The van der Waals surface area contributed by atoms with E-state index < -0.39 is 41.6 Å².